The van der Waals surface area contributed by atoms with Crippen LogP contribution >= 0.6 is 0 Å². The van der Waals surface area contributed by atoms with Gasteiger partial charge in [0.05, 0.1) is 4.92 Å². The van der Waals surface area contributed by atoms with Gasteiger partial charge in [0.1, 0.15) is 12.6 Å². The summed E-state index contributed by atoms with van der Waals surface area (Å²) in [5, 5.41) is 15.7. The Kier molecular flexibility index (Phi) is 6.67. The molecular formula is C18H19N3O5. The van der Waals surface area contributed by atoms with Crippen molar-refractivity contribution in [2.45, 2.75) is 19.1 Å². The number of alkyl carbamates (subject to hydrolysis) is 1. The molecule has 2 rings (SSSR count). The van der Waals surface area contributed by atoms with Gasteiger partial charge in [0, 0.05) is 25.6 Å². The van der Waals surface area contributed by atoms with Crippen molar-refractivity contribution in [2.75, 3.05) is 7.05 Å². The van der Waals surface area contributed by atoms with E-state index in [2.05, 4.69) is 10.6 Å². The molecule has 0 aromatic heterocycles. The first kappa shape index (κ1) is 18.9. The van der Waals surface area contributed by atoms with Crippen LogP contribution in [0.3, 0.4) is 0 Å². The van der Waals surface area contributed by atoms with Gasteiger partial charge in [-0.15, -0.1) is 0 Å². The predicted octanol–water partition coefficient (Wildman–Crippen LogP) is 2.18. The highest BCUT2D eigenvalue weighted by Gasteiger charge is 2.21. The van der Waals surface area contributed by atoms with Gasteiger partial charge in [-0.3, -0.25) is 14.9 Å². The number of likely N-dealkylation sites (N-methyl/N-ethyl adjacent to an activating group) is 1. The van der Waals surface area contributed by atoms with E-state index in [-0.39, 0.29) is 24.6 Å². The van der Waals surface area contributed by atoms with Crippen molar-refractivity contribution in [2.24, 2.45) is 0 Å². The second-order valence-corrected chi connectivity index (χ2v) is 5.50. The summed E-state index contributed by atoms with van der Waals surface area (Å²) in [6.07, 6.45) is -0.540. The van der Waals surface area contributed by atoms with Crippen molar-refractivity contribution in [3.8, 4) is 0 Å². The average Bonchev–Trinajstić information content (AvgIpc) is 2.66. The molecule has 2 aromatic carbocycles. The van der Waals surface area contributed by atoms with Gasteiger partial charge < -0.3 is 15.4 Å². The summed E-state index contributed by atoms with van der Waals surface area (Å²) in [4.78, 5) is 34.2. The highest BCUT2D eigenvalue weighted by molar-refractivity contribution is 5.85. The van der Waals surface area contributed by atoms with Gasteiger partial charge in [0.15, 0.2) is 0 Å². The van der Waals surface area contributed by atoms with Crippen LogP contribution in [0.2, 0.25) is 0 Å². The van der Waals surface area contributed by atoms with Crippen molar-refractivity contribution in [3.63, 3.8) is 0 Å². The Balaban J connectivity index is 1.96. The van der Waals surface area contributed by atoms with Crippen LogP contribution in [-0.4, -0.2) is 30.0 Å². The highest BCUT2D eigenvalue weighted by Crippen LogP contribution is 2.13. The first-order valence-corrected chi connectivity index (χ1v) is 7.91. The van der Waals surface area contributed by atoms with E-state index in [0.29, 0.717) is 5.56 Å². The monoisotopic (exact) mass is 357 g/mol. The summed E-state index contributed by atoms with van der Waals surface area (Å²) in [6, 6.07) is 14.1. The molecule has 8 heteroatoms. The summed E-state index contributed by atoms with van der Waals surface area (Å²) in [7, 11) is 1.46. The summed E-state index contributed by atoms with van der Waals surface area (Å²) in [5.74, 6) is -0.389. The number of hydrogen-bond donors (Lipinski definition) is 2. The molecule has 0 aliphatic carbocycles. The van der Waals surface area contributed by atoms with Gasteiger partial charge in [0.2, 0.25) is 5.91 Å². The molecule has 0 aliphatic rings. The minimum atomic E-state index is -0.857. The Labute approximate surface area is 150 Å². The standard InChI is InChI=1S/C18H19N3O5/c1-19-17(22)16(11-13-7-9-15(10-8-13)21(24)25)20-18(23)26-12-14-5-3-2-4-6-14/h2-10,16H,11-12H2,1H3,(H,19,22)(H,20,23)/t16-/m0/s1. The van der Waals surface area contributed by atoms with Crippen LogP contribution in [0.15, 0.2) is 54.6 Å². The first-order valence-electron chi connectivity index (χ1n) is 7.91. The van der Waals surface area contributed by atoms with Crippen molar-refractivity contribution in [1.82, 2.24) is 10.6 Å². The molecule has 8 nitrogen and oxygen atoms in total. The normalized spacial score (nSPS) is 11.3. The highest BCUT2D eigenvalue weighted by atomic mass is 16.6. The number of ether oxygens (including phenoxy) is 1. The van der Waals surface area contributed by atoms with Gasteiger partial charge >= 0.3 is 6.09 Å². The number of rotatable bonds is 7. The number of benzene rings is 2. The quantitative estimate of drug-likeness (QED) is 0.583. The van der Waals surface area contributed by atoms with E-state index in [1.54, 1.807) is 12.1 Å². The molecule has 0 aliphatic heterocycles. The maximum atomic E-state index is 12.0. The van der Waals surface area contributed by atoms with E-state index in [9.17, 15) is 19.7 Å². The Morgan fingerprint density at radius 2 is 1.73 bits per heavy atom. The number of amides is 2. The molecule has 0 unspecified atom stereocenters. The van der Waals surface area contributed by atoms with E-state index >= 15 is 0 Å². The number of nitro groups is 1. The van der Waals surface area contributed by atoms with Crippen molar-refractivity contribution < 1.29 is 19.2 Å². The number of nitrogens with one attached hydrogen (secondary N) is 2. The first-order chi connectivity index (χ1) is 12.5. The fourth-order valence-electron chi connectivity index (χ4n) is 2.28. The molecule has 0 fully saturated rings. The number of hydrogen-bond acceptors (Lipinski definition) is 5. The summed E-state index contributed by atoms with van der Waals surface area (Å²) in [5.41, 5.74) is 1.46. The molecule has 2 amide bonds. The molecule has 136 valence electrons. The Bertz CT molecular complexity index is 762. The fraction of sp³-hybridized carbons (Fsp3) is 0.222. The second kappa shape index (κ2) is 9.16. The zero-order chi connectivity index (χ0) is 18.9. The van der Waals surface area contributed by atoms with Crippen LogP contribution in [0.5, 0.6) is 0 Å². The molecule has 0 radical (unpaired) electrons. The number of nitrogens with zero attached hydrogens (tertiary/aromatic N) is 1. The van der Waals surface area contributed by atoms with Gasteiger partial charge in [-0.05, 0) is 11.1 Å². The van der Waals surface area contributed by atoms with Crippen LogP contribution in [0, 0.1) is 10.1 Å². The SMILES string of the molecule is CNC(=O)[C@H](Cc1ccc([N+](=O)[O-])cc1)NC(=O)OCc1ccccc1. The van der Waals surface area contributed by atoms with Gasteiger partial charge in [-0.1, -0.05) is 42.5 Å². The Morgan fingerprint density at radius 3 is 2.31 bits per heavy atom. The zero-order valence-corrected chi connectivity index (χ0v) is 14.2. The predicted molar refractivity (Wildman–Crippen MR) is 94.4 cm³/mol. The van der Waals surface area contributed by atoms with Gasteiger partial charge in [0.25, 0.3) is 5.69 Å². The third-order valence-electron chi connectivity index (χ3n) is 3.65. The lowest BCUT2D eigenvalue weighted by molar-refractivity contribution is -0.384. The Morgan fingerprint density at radius 1 is 1.08 bits per heavy atom. The average molecular weight is 357 g/mol. The maximum absolute atomic E-state index is 12.0. The molecule has 0 saturated carbocycles. The van der Waals surface area contributed by atoms with Crippen molar-refractivity contribution in [1.29, 1.82) is 0 Å². The van der Waals surface area contributed by atoms with Crippen LogP contribution in [-0.2, 0) is 22.6 Å². The third kappa shape index (κ3) is 5.59. The molecule has 2 N–H and O–H groups in total. The van der Waals surface area contributed by atoms with Crippen LogP contribution < -0.4 is 10.6 Å². The molecule has 26 heavy (non-hydrogen) atoms. The summed E-state index contributed by atoms with van der Waals surface area (Å²) >= 11 is 0. The van der Waals surface area contributed by atoms with Crippen LogP contribution in [0.25, 0.3) is 0 Å². The zero-order valence-electron chi connectivity index (χ0n) is 14.2. The fourth-order valence-corrected chi connectivity index (χ4v) is 2.28. The minimum Gasteiger partial charge on any atom is -0.445 e. The summed E-state index contributed by atoms with van der Waals surface area (Å²) in [6.45, 7) is 0.0880. The maximum Gasteiger partial charge on any atom is 0.408 e. The molecular weight excluding hydrogens is 338 g/mol. The van der Waals surface area contributed by atoms with Crippen molar-refractivity contribution in [3.05, 3.63) is 75.8 Å². The second-order valence-electron chi connectivity index (χ2n) is 5.50. The largest absolute Gasteiger partial charge is 0.445 e. The van der Waals surface area contributed by atoms with E-state index < -0.39 is 17.1 Å². The van der Waals surface area contributed by atoms with Crippen LogP contribution in [0.1, 0.15) is 11.1 Å². The number of carbonyl (C=O) groups excluding carboxylic acids is 2. The number of non-ortho nitro benzene ring substituents is 1. The molecule has 1 atom stereocenters. The molecule has 0 heterocycles. The number of nitro benzene ring substituents is 1. The third-order valence-corrected chi connectivity index (χ3v) is 3.65. The topological polar surface area (TPSA) is 111 Å². The van der Waals surface area contributed by atoms with E-state index in [0.717, 1.165) is 5.56 Å². The molecule has 0 bridgehead atoms. The van der Waals surface area contributed by atoms with E-state index in [4.69, 9.17) is 4.74 Å². The van der Waals surface area contributed by atoms with E-state index in [1.807, 2.05) is 30.3 Å². The minimum absolute atomic E-state index is 0.0412. The van der Waals surface area contributed by atoms with Gasteiger partial charge in [-0.2, -0.15) is 0 Å². The number of carbonyl (C=O) groups is 2. The smallest absolute Gasteiger partial charge is 0.408 e. The lowest BCUT2D eigenvalue weighted by Gasteiger charge is -2.17. The molecule has 2 aromatic rings. The molecule has 0 spiro atoms. The van der Waals surface area contributed by atoms with Crippen molar-refractivity contribution >= 4 is 17.7 Å². The lowest BCUT2D eigenvalue weighted by atomic mass is 10.1. The lowest BCUT2D eigenvalue weighted by Crippen LogP contribution is -2.47. The summed E-state index contributed by atoms with van der Waals surface area (Å²) < 4.78 is 5.12. The molecule has 0 saturated heterocycles. The van der Waals surface area contributed by atoms with Crippen LogP contribution in [0.4, 0.5) is 10.5 Å². The van der Waals surface area contributed by atoms with Gasteiger partial charge in [-0.25, -0.2) is 4.79 Å². The Hall–Kier alpha value is -3.42. The van der Waals surface area contributed by atoms with E-state index in [1.165, 1.54) is 19.2 Å².